The molecule has 0 aliphatic heterocycles. The average molecular weight is 686 g/mol. The van der Waals surface area contributed by atoms with E-state index in [2.05, 4.69) is 5.32 Å². The molecule has 0 heterocycles. The summed E-state index contributed by atoms with van der Waals surface area (Å²) in [5.41, 5.74) is 0.717. The predicted molar refractivity (Wildman–Crippen MR) is 171 cm³/mol. The van der Waals surface area contributed by atoms with Crippen LogP contribution >= 0.6 is 0 Å². The maximum Gasteiger partial charge on any atom is 0.330 e. The quantitative estimate of drug-likeness (QED) is 0.193. The Morgan fingerprint density at radius 2 is 1.00 bits per heavy atom. The third-order valence-electron chi connectivity index (χ3n) is 7.10. The van der Waals surface area contributed by atoms with E-state index >= 15 is 0 Å². The van der Waals surface area contributed by atoms with E-state index in [0.717, 1.165) is 29.2 Å². The second-order valence-electron chi connectivity index (χ2n) is 10.7. The van der Waals surface area contributed by atoms with Crippen molar-refractivity contribution >= 4 is 39.4 Å². The van der Waals surface area contributed by atoms with Gasteiger partial charge < -0.3 is 15.1 Å². The first kappa shape index (κ1) is 35.6. The Kier molecular flexibility index (Phi) is 11.5. The molecule has 0 fully saturated rings. The van der Waals surface area contributed by atoms with Crippen LogP contribution in [-0.2, 0) is 32.6 Å². The SMILES string of the molecule is CN(C(=O)[C@H](Cc1cc(F)cc(F)c1)NC(=O)NS(=O)(=O)N[C@@H](Cc1cc(F)cc(F)c1)C(=O)N(C)c1ccccc1)c1ccccc1. The topological polar surface area (TPSA) is 128 Å². The average Bonchev–Trinajstić information content (AvgIpc) is 3.02. The molecule has 0 aromatic heterocycles. The van der Waals surface area contributed by atoms with Gasteiger partial charge in [0, 0.05) is 44.0 Å². The van der Waals surface area contributed by atoms with Crippen LogP contribution in [0.3, 0.4) is 0 Å². The van der Waals surface area contributed by atoms with Gasteiger partial charge in [0.25, 0.3) is 0 Å². The van der Waals surface area contributed by atoms with Gasteiger partial charge in [0.2, 0.25) is 11.8 Å². The molecule has 0 spiro atoms. The summed E-state index contributed by atoms with van der Waals surface area (Å²) in [6.07, 6.45) is -0.943. The highest BCUT2D eigenvalue weighted by Crippen LogP contribution is 2.18. The van der Waals surface area contributed by atoms with Gasteiger partial charge in [0.1, 0.15) is 35.4 Å². The summed E-state index contributed by atoms with van der Waals surface area (Å²) < 4.78 is 85.9. The molecular weight excluding hydrogens is 654 g/mol. The fourth-order valence-electron chi connectivity index (χ4n) is 4.86. The van der Waals surface area contributed by atoms with Crippen molar-refractivity contribution in [2.24, 2.45) is 0 Å². The third kappa shape index (κ3) is 9.86. The normalized spacial score (nSPS) is 12.5. The van der Waals surface area contributed by atoms with Crippen LogP contribution in [0.2, 0.25) is 0 Å². The molecular formula is C33H31F4N5O5S. The van der Waals surface area contributed by atoms with Gasteiger partial charge in [-0.3, -0.25) is 9.59 Å². The minimum Gasteiger partial charge on any atom is -0.325 e. The largest absolute Gasteiger partial charge is 0.330 e. The number of halogens is 4. The summed E-state index contributed by atoms with van der Waals surface area (Å²) in [4.78, 5) is 42.3. The van der Waals surface area contributed by atoms with Crippen molar-refractivity contribution in [1.29, 1.82) is 0 Å². The molecule has 252 valence electrons. The predicted octanol–water partition coefficient (Wildman–Crippen LogP) is 4.23. The number of rotatable bonds is 12. The van der Waals surface area contributed by atoms with E-state index in [-0.39, 0.29) is 11.1 Å². The molecule has 10 nitrogen and oxygen atoms in total. The standard InChI is InChI=1S/C33H31F4N5O5S/c1-41(27-9-5-3-6-10-27)31(43)29(17-21-13-23(34)19-24(35)14-21)38-33(45)40-48(46,47)39-30(18-22-15-25(36)20-26(37)16-22)32(44)42(2)28-11-7-4-8-12-28/h3-16,19-20,29-30,39H,17-18H2,1-2H3,(H2,38,40,45)/t29-,30-/m0/s1. The number of carbonyl (C=O) groups excluding carboxylic acids is 3. The number of hydrogen-bond acceptors (Lipinski definition) is 5. The van der Waals surface area contributed by atoms with E-state index in [1.54, 1.807) is 65.4 Å². The fourth-order valence-corrected chi connectivity index (χ4v) is 5.78. The van der Waals surface area contributed by atoms with Crippen molar-refractivity contribution in [3.8, 4) is 0 Å². The van der Waals surface area contributed by atoms with E-state index in [9.17, 15) is 40.4 Å². The van der Waals surface area contributed by atoms with E-state index in [1.807, 2.05) is 4.72 Å². The van der Waals surface area contributed by atoms with Crippen molar-refractivity contribution in [3.63, 3.8) is 0 Å². The molecule has 0 unspecified atom stereocenters. The third-order valence-corrected chi connectivity index (χ3v) is 8.15. The highest BCUT2D eigenvalue weighted by Gasteiger charge is 2.31. The minimum absolute atomic E-state index is 0.00877. The molecule has 4 aromatic carbocycles. The second kappa shape index (κ2) is 15.5. The zero-order valence-corrected chi connectivity index (χ0v) is 26.5. The number of carbonyl (C=O) groups is 3. The lowest BCUT2D eigenvalue weighted by Gasteiger charge is -2.26. The Bertz CT molecular complexity index is 1840. The van der Waals surface area contributed by atoms with Gasteiger partial charge in [-0.1, -0.05) is 36.4 Å². The van der Waals surface area contributed by atoms with Crippen LogP contribution in [0.1, 0.15) is 11.1 Å². The zero-order chi connectivity index (χ0) is 35.0. The van der Waals surface area contributed by atoms with Crippen LogP contribution in [0.15, 0.2) is 97.1 Å². The van der Waals surface area contributed by atoms with Crippen molar-refractivity contribution in [2.45, 2.75) is 24.9 Å². The number of benzene rings is 4. The molecule has 0 saturated heterocycles. The van der Waals surface area contributed by atoms with Gasteiger partial charge in [0.05, 0.1) is 0 Å². The maximum absolute atomic E-state index is 14.0. The Balaban J connectivity index is 1.57. The molecule has 0 saturated carbocycles. The van der Waals surface area contributed by atoms with Crippen LogP contribution in [0.4, 0.5) is 33.7 Å². The lowest BCUT2D eigenvalue weighted by molar-refractivity contribution is -0.120. The highest BCUT2D eigenvalue weighted by molar-refractivity contribution is 7.88. The number of hydrogen-bond donors (Lipinski definition) is 3. The Morgan fingerprint density at radius 3 is 1.42 bits per heavy atom. The lowest BCUT2D eigenvalue weighted by atomic mass is 10.0. The molecule has 0 aliphatic rings. The number of amides is 4. The summed E-state index contributed by atoms with van der Waals surface area (Å²) >= 11 is 0. The number of likely N-dealkylation sites (N-methyl/N-ethyl adjacent to an activating group) is 2. The Morgan fingerprint density at radius 1 is 0.625 bits per heavy atom. The first-order chi connectivity index (χ1) is 22.7. The molecule has 4 rings (SSSR count). The number of anilines is 2. The Hall–Kier alpha value is -5.28. The number of nitrogens with one attached hydrogen (secondary N) is 3. The smallest absolute Gasteiger partial charge is 0.325 e. The van der Waals surface area contributed by atoms with Gasteiger partial charge >= 0.3 is 16.2 Å². The summed E-state index contributed by atoms with van der Waals surface area (Å²) in [6, 6.07) is 16.7. The molecule has 3 N–H and O–H groups in total. The van der Waals surface area contributed by atoms with Gasteiger partial charge in [0.15, 0.2) is 0 Å². The van der Waals surface area contributed by atoms with E-state index in [1.165, 1.54) is 19.0 Å². The lowest BCUT2D eigenvalue weighted by Crippen LogP contribution is -2.57. The summed E-state index contributed by atoms with van der Waals surface area (Å²) in [5, 5.41) is 2.23. The van der Waals surface area contributed by atoms with Crippen molar-refractivity contribution in [2.75, 3.05) is 23.9 Å². The summed E-state index contributed by atoms with van der Waals surface area (Å²) in [7, 11) is -2.15. The highest BCUT2D eigenvalue weighted by atomic mass is 32.2. The zero-order valence-electron chi connectivity index (χ0n) is 25.7. The molecule has 4 amide bonds. The number of nitrogens with zero attached hydrogens (tertiary/aromatic N) is 2. The van der Waals surface area contributed by atoms with Crippen molar-refractivity contribution in [3.05, 3.63) is 131 Å². The summed E-state index contributed by atoms with van der Waals surface area (Å²) in [6.45, 7) is 0. The maximum atomic E-state index is 14.0. The van der Waals surface area contributed by atoms with Gasteiger partial charge in [-0.15, -0.1) is 0 Å². The van der Waals surface area contributed by atoms with E-state index < -0.39 is 76.2 Å². The summed E-state index contributed by atoms with van der Waals surface area (Å²) in [5.74, 6) is -5.36. The molecule has 2 atom stereocenters. The van der Waals surface area contributed by atoms with Crippen LogP contribution < -0.4 is 24.6 Å². The van der Waals surface area contributed by atoms with Gasteiger partial charge in [-0.25, -0.2) is 27.1 Å². The molecule has 0 bridgehead atoms. The molecule has 0 radical (unpaired) electrons. The number of urea groups is 1. The van der Waals surface area contributed by atoms with E-state index in [0.29, 0.717) is 23.5 Å². The van der Waals surface area contributed by atoms with Gasteiger partial charge in [-0.2, -0.15) is 13.1 Å². The van der Waals surface area contributed by atoms with Crippen LogP contribution in [0.5, 0.6) is 0 Å². The Labute approximate surface area is 274 Å². The van der Waals surface area contributed by atoms with Crippen LogP contribution in [-0.4, -0.2) is 52.4 Å². The van der Waals surface area contributed by atoms with Gasteiger partial charge in [-0.05, 0) is 66.1 Å². The molecule has 4 aromatic rings. The second-order valence-corrected chi connectivity index (χ2v) is 12.2. The van der Waals surface area contributed by atoms with Crippen molar-refractivity contribution in [1.82, 2.24) is 14.8 Å². The monoisotopic (exact) mass is 685 g/mol. The molecule has 48 heavy (non-hydrogen) atoms. The van der Waals surface area contributed by atoms with Crippen LogP contribution in [0, 0.1) is 23.3 Å². The van der Waals surface area contributed by atoms with E-state index in [4.69, 9.17) is 0 Å². The first-order valence-corrected chi connectivity index (χ1v) is 15.8. The van der Waals surface area contributed by atoms with Crippen molar-refractivity contribution < 1.29 is 40.4 Å². The molecule has 0 aliphatic carbocycles. The fraction of sp³-hybridized carbons (Fsp3) is 0.182. The molecule has 15 heteroatoms. The number of para-hydroxylation sites is 2. The van der Waals surface area contributed by atoms with Crippen LogP contribution in [0.25, 0.3) is 0 Å². The first-order valence-electron chi connectivity index (χ1n) is 14.4. The minimum atomic E-state index is -4.90.